The van der Waals surface area contributed by atoms with E-state index in [1.807, 2.05) is 0 Å². The minimum absolute atomic E-state index is 0.0259. The monoisotopic (exact) mass is 449 g/mol. The zero-order valence-electron chi connectivity index (χ0n) is 17.6. The summed E-state index contributed by atoms with van der Waals surface area (Å²) in [5, 5.41) is 7.86. The van der Waals surface area contributed by atoms with E-state index in [1.165, 1.54) is 12.1 Å². The van der Waals surface area contributed by atoms with E-state index in [9.17, 15) is 18.8 Å². The van der Waals surface area contributed by atoms with Gasteiger partial charge >= 0.3 is 6.09 Å². The summed E-state index contributed by atoms with van der Waals surface area (Å²) in [7, 11) is 0. The van der Waals surface area contributed by atoms with Crippen LogP contribution in [0, 0.1) is 5.82 Å². The maximum atomic E-state index is 13.8. The second kappa shape index (κ2) is 10.8. The van der Waals surface area contributed by atoms with Crippen LogP contribution in [0.25, 0.3) is 0 Å². The van der Waals surface area contributed by atoms with E-state index in [-0.39, 0.29) is 36.0 Å². The SMILES string of the molecule is CC(C)(C)OC(=O)NCCC(=O)NCc1ccc(NC(=O)c2c(F)cccc2Cl)cc1. The molecule has 2 rings (SSSR count). The fourth-order valence-electron chi connectivity index (χ4n) is 2.50. The van der Waals surface area contributed by atoms with Gasteiger partial charge in [0.2, 0.25) is 5.91 Å². The molecule has 0 fully saturated rings. The molecule has 7 nitrogen and oxygen atoms in total. The van der Waals surface area contributed by atoms with Crippen LogP contribution < -0.4 is 16.0 Å². The largest absolute Gasteiger partial charge is 0.444 e. The van der Waals surface area contributed by atoms with Crippen LogP contribution in [0.4, 0.5) is 14.9 Å². The smallest absolute Gasteiger partial charge is 0.407 e. The maximum absolute atomic E-state index is 13.8. The van der Waals surface area contributed by atoms with Crippen molar-refractivity contribution < 1.29 is 23.5 Å². The molecule has 0 atom stereocenters. The van der Waals surface area contributed by atoms with Gasteiger partial charge in [-0.3, -0.25) is 9.59 Å². The first-order valence-corrected chi connectivity index (χ1v) is 10.0. The quantitative estimate of drug-likeness (QED) is 0.588. The van der Waals surface area contributed by atoms with E-state index < -0.39 is 23.4 Å². The van der Waals surface area contributed by atoms with E-state index in [1.54, 1.807) is 45.0 Å². The summed E-state index contributed by atoms with van der Waals surface area (Å²) >= 11 is 5.90. The second-order valence-corrected chi connectivity index (χ2v) is 8.11. The molecule has 2 aromatic carbocycles. The number of halogens is 2. The number of amides is 3. The fourth-order valence-corrected chi connectivity index (χ4v) is 2.74. The van der Waals surface area contributed by atoms with E-state index >= 15 is 0 Å². The Bertz CT molecular complexity index is 923. The Hall–Kier alpha value is -3.13. The van der Waals surface area contributed by atoms with Crippen LogP contribution in [0.3, 0.4) is 0 Å². The summed E-state index contributed by atoms with van der Waals surface area (Å²) in [5.74, 6) is -1.59. The summed E-state index contributed by atoms with van der Waals surface area (Å²) in [6, 6.07) is 10.7. The highest BCUT2D eigenvalue weighted by Gasteiger charge is 2.17. The molecule has 31 heavy (non-hydrogen) atoms. The van der Waals surface area contributed by atoms with Crippen molar-refractivity contribution in [2.75, 3.05) is 11.9 Å². The molecular formula is C22H25ClFN3O4. The molecule has 0 aliphatic heterocycles. The number of benzene rings is 2. The average molecular weight is 450 g/mol. The molecule has 0 saturated heterocycles. The van der Waals surface area contributed by atoms with Crippen molar-refractivity contribution in [3.05, 3.63) is 64.4 Å². The maximum Gasteiger partial charge on any atom is 0.407 e. The average Bonchev–Trinajstić information content (AvgIpc) is 2.66. The third-order valence-corrected chi connectivity index (χ3v) is 4.23. The van der Waals surface area contributed by atoms with E-state index in [0.29, 0.717) is 5.69 Å². The topological polar surface area (TPSA) is 96.5 Å². The third-order valence-electron chi connectivity index (χ3n) is 3.91. The number of carbonyl (C=O) groups excluding carboxylic acids is 3. The van der Waals surface area contributed by atoms with Crippen LogP contribution >= 0.6 is 11.6 Å². The van der Waals surface area contributed by atoms with Crippen LogP contribution in [-0.4, -0.2) is 30.1 Å². The van der Waals surface area contributed by atoms with Gasteiger partial charge < -0.3 is 20.7 Å². The minimum atomic E-state index is -0.703. The van der Waals surface area contributed by atoms with Gasteiger partial charge in [-0.25, -0.2) is 9.18 Å². The number of carbonyl (C=O) groups is 3. The van der Waals surface area contributed by atoms with Crippen LogP contribution in [0.5, 0.6) is 0 Å². The first kappa shape index (κ1) is 24.1. The number of nitrogens with one attached hydrogen (secondary N) is 3. The summed E-state index contributed by atoms with van der Waals surface area (Å²) in [5.41, 5.74) is 0.441. The number of ether oxygens (including phenoxy) is 1. The number of hydrogen-bond acceptors (Lipinski definition) is 4. The van der Waals surface area contributed by atoms with Gasteiger partial charge in [0.15, 0.2) is 0 Å². The summed E-state index contributed by atoms with van der Waals surface area (Å²) in [6.07, 6.45) is -0.467. The highest BCUT2D eigenvalue weighted by Crippen LogP contribution is 2.20. The van der Waals surface area contributed by atoms with Gasteiger partial charge in [-0.05, 0) is 50.6 Å². The van der Waals surface area contributed by atoms with Crippen molar-refractivity contribution in [1.29, 1.82) is 0 Å². The van der Waals surface area contributed by atoms with Crippen LogP contribution in [0.2, 0.25) is 5.02 Å². The van der Waals surface area contributed by atoms with Gasteiger partial charge in [0.05, 0.1) is 10.6 Å². The Morgan fingerprint density at radius 1 is 1.03 bits per heavy atom. The molecule has 9 heteroatoms. The highest BCUT2D eigenvalue weighted by atomic mass is 35.5. The lowest BCUT2D eigenvalue weighted by atomic mass is 10.1. The number of rotatable bonds is 7. The summed E-state index contributed by atoms with van der Waals surface area (Å²) < 4.78 is 18.9. The van der Waals surface area contributed by atoms with Gasteiger partial charge in [0.1, 0.15) is 11.4 Å². The molecule has 0 bridgehead atoms. The van der Waals surface area contributed by atoms with Gasteiger partial charge in [0.25, 0.3) is 5.91 Å². The lowest BCUT2D eigenvalue weighted by Gasteiger charge is -2.19. The molecule has 0 aliphatic carbocycles. The van der Waals surface area contributed by atoms with Gasteiger partial charge in [-0.15, -0.1) is 0 Å². The Balaban J connectivity index is 1.77. The molecule has 0 aromatic heterocycles. The van der Waals surface area contributed by atoms with E-state index in [2.05, 4.69) is 16.0 Å². The molecule has 0 heterocycles. The number of anilines is 1. The predicted molar refractivity (Wildman–Crippen MR) is 117 cm³/mol. The Kier molecular flexibility index (Phi) is 8.38. The third kappa shape index (κ3) is 8.25. The standard InChI is InChI=1S/C22H25ClFN3O4/c1-22(2,3)31-21(30)25-12-11-18(28)26-13-14-7-9-15(10-8-14)27-20(29)19-16(23)5-4-6-17(19)24/h4-10H,11-13H2,1-3H3,(H,25,30)(H,26,28)(H,27,29). The second-order valence-electron chi connectivity index (χ2n) is 7.70. The molecule has 3 amide bonds. The van der Waals surface area contributed by atoms with Crippen molar-refractivity contribution in [3.8, 4) is 0 Å². The lowest BCUT2D eigenvalue weighted by Crippen LogP contribution is -2.35. The zero-order valence-corrected chi connectivity index (χ0v) is 18.3. The highest BCUT2D eigenvalue weighted by molar-refractivity contribution is 6.34. The van der Waals surface area contributed by atoms with Crippen molar-refractivity contribution in [3.63, 3.8) is 0 Å². The molecule has 0 unspecified atom stereocenters. The Labute approximate surface area is 185 Å². The molecule has 0 spiro atoms. The van der Waals surface area contributed by atoms with Crippen molar-refractivity contribution >= 4 is 35.2 Å². The zero-order chi connectivity index (χ0) is 23.0. The first-order chi connectivity index (χ1) is 14.5. The van der Waals surface area contributed by atoms with Gasteiger partial charge in [-0.2, -0.15) is 0 Å². The Morgan fingerprint density at radius 2 is 1.71 bits per heavy atom. The molecular weight excluding hydrogens is 425 g/mol. The number of hydrogen-bond donors (Lipinski definition) is 3. The minimum Gasteiger partial charge on any atom is -0.444 e. The predicted octanol–water partition coefficient (Wildman–Crippen LogP) is 4.26. The molecule has 0 radical (unpaired) electrons. The van der Waals surface area contributed by atoms with Crippen LogP contribution in [-0.2, 0) is 16.1 Å². The van der Waals surface area contributed by atoms with Crippen LogP contribution in [0.1, 0.15) is 43.1 Å². The van der Waals surface area contributed by atoms with E-state index in [4.69, 9.17) is 16.3 Å². The number of alkyl carbamates (subject to hydrolysis) is 1. The first-order valence-electron chi connectivity index (χ1n) is 9.63. The molecule has 3 N–H and O–H groups in total. The fraction of sp³-hybridized carbons (Fsp3) is 0.318. The normalized spacial score (nSPS) is 10.9. The van der Waals surface area contributed by atoms with Crippen molar-refractivity contribution in [2.45, 2.75) is 39.3 Å². The molecule has 2 aromatic rings. The molecule has 166 valence electrons. The van der Waals surface area contributed by atoms with Gasteiger partial charge in [-0.1, -0.05) is 29.8 Å². The summed E-state index contributed by atoms with van der Waals surface area (Å²) in [4.78, 5) is 35.7. The van der Waals surface area contributed by atoms with Crippen molar-refractivity contribution in [1.82, 2.24) is 10.6 Å². The summed E-state index contributed by atoms with van der Waals surface area (Å²) in [6.45, 7) is 5.70. The molecule has 0 aliphatic rings. The Morgan fingerprint density at radius 3 is 2.32 bits per heavy atom. The lowest BCUT2D eigenvalue weighted by molar-refractivity contribution is -0.121. The van der Waals surface area contributed by atoms with Gasteiger partial charge in [0, 0.05) is 25.2 Å². The van der Waals surface area contributed by atoms with Crippen molar-refractivity contribution in [2.24, 2.45) is 0 Å². The van der Waals surface area contributed by atoms with E-state index in [0.717, 1.165) is 11.6 Å². The molecule has 0 saturated carbocycles. The van der Waals surface area contributed by atoms with Crippen LogP contribution in [0.15, 0.2) is 42.5 Å².